The van der Waals surface area contributed by atoms with Crippen LogP contribution in [0.2, 0.25) is 0 Å². The van der Waals surface area contributed by atoms with Crippen molar-refractivity contribution in [3.8, 4) is 5.75 Å². The molecule has 0 saturated carbocycles. The second-order valence-electron chi connectivity index (χ2n) is 4.41. The van der Waals surface area contributed by atoms with Gasteiger partial charge in [-0.2, -0.15) is 0 Å². The van der Waals surface area contributed by atoms with E-state index in [2.05, 4.69) is 0 Å². The predicted molar refractivity (Wildman–Crippen MR) is 76.3 cm³/mol. The van der Waals surface area contributed by atoms with Crippen LogP contribution in [0.3, 0.4) is 0 Å². The highest BCUT2D eigenvalue weighted by molar-refractivity contribution is 5.95. The highest BCUT2D eigenvalue weighted by Gasteiger charge is 2.21. The second kappa shape index (κ2) is 6.19. The van der Waals surface area contributed by atoms with E-state index in [1.54, 1.807) is 24.3 Å². The first-order chi connectivity index (χ1) is 10.0. The number of hydrogen-bond acceptors (Lipinski definition) is 5. The van der Waals surface area contributed by atoms with Crippen LogP contribution in [0.15, 0.2) is 36.4 Å². The first-order valence-electron chi connectivity index (χ1n) is 6.30. The van der Waals surface area contributed by atoms with Crippen molar-refractivity contribution in [2.24, 2.45) is 5.73 Å². The molecule has 0 saturated heterocycles. The number of ether oxygens (including phenoxy) is 1. The van der Waals surface area contributed by atoms with Crippen molar-refractivity contribution in [1.29, 1.82) is 0 Å². The van der Waals surface area contributed by atoms with E-state index in [4.69, 9.17) is 15.6 Å². The minimum atomic E-state index is -1.12. The molecule has 1 atom stereocenters. The molecule has 21 heavy (non-hydrogen) atoms. The van der Waals surface area contributed by atoms with Gasteiger partial charge >= 0.3 is 5.97 Å². The molecule has 0 aromatic heterocycles. The Balaban J connectivity index is 2.48. The molecule has 0 radical (unpaired) electrons. The third-order valence-corrected chi connectivity index (χ3v) is 3.03. The number of hydrogen-bond donors (Lipinski definition) is 2. The Bertz CT molecular complexity index is 686. The van der Waals surface area contributed by atoms with E-state index >= 15 is 0 Å². The van der Waals surface area contributed by atoms with E-state index in [-0.39, 0.29) is 24.4 Å². The molecule has 3 N–H and O–H groups in total. The van der Waals surface area contributed by atoms with Crippen molar-refractivity contribution in [3.05, 3.63) is 46.5 Å². The lowest BCUT2D eigenvalue weighted by molar-refractivity contribution is -0.383. The van der Waals surface area contributed by atoms with Crippen molar-refractivity contribution < 1.29 is 19.6 Å². The van der Waals surface area contributed by atoms with Gasteiger partial charge in [-0.25, -0.2) is 4.79 Å². The Labute approximate surface area is 120 Å². The zero-order valence-electron chi connectivity index (χ0n) is 11.1. The molecule has 0 aliphatic carbocycles. The maximum atomic E-state index is 11.1. The topological polar surface area (TPSA) is 116 Å². The molecule has 0 heterocycles. The summed E-state index contributed by atoms with van der Waals surface area (Å²) in [7, 11) is 0. The van der Waals surface area contributed by atoms with E-state index in [0.717, 1.165) is 0 Å². The van der Waals surface area contributed by atoms with Gasteiger partial charge in [0, 0.05) is 17.9 Å². The Hall–Kier alpha value is -2.67. The van der Waals surface area contributed by atoms with Crippen molar-refractivity contribution in [2.75, 3.05) is 6.54 Å². The van der Waals surface area contributed by atoms with Crippen LogP contribution < -0.4 is 10.5 Å². The third-order valence-electron chi connectivity index (χ3n) is 3.03. The fourth-order valence-corrected chi connectivity index (χ4v) is 2.05. The number of rotatable bonds is 6. The lowest BCUT2D eigenvalue weighted by atomic mass is 10.1. The van der Waals surface area contributed by atoms with Crippen LogP contribution in [0.1, 0.15) is 6.42 Å². The average molecular weight is 290 g/mol. The minimum Gasteiger partial charge on any atom is -0.479 e. The van der Waals surface area contributed by atoms with E-state index in [9.17, 15) is 14.9 Å². The van der Waals surface area contributed by atoms with Crippen LogP contribution in [0.5, 0.6) is 5.75 Å². The lowest BCUT2D eigenvalue weighted by Gasteiger charge is -2.15. The average Bonchev–Trinajstić information content (AvgIpc) is 2.46. The first kappa shape index (κ1) is 14.7. The molecule has 0 amide bonds. The lowest BCUT2D eigenvalue weighted by Crippen LogP contribution is -2.29. The number of nitro groups is 1. The Morgan fingerprint density at radius 3 is 2.52 bits per heavy atom. The second-order valence-corrected chi connectivity index (χ2v) is 4.41. The zero-order chi connectivity index (χ0) is 15.4. The summed E-state index contributed by atoms with van der Waals surface area (Å²) < 4.78 is 5.46. The maximum Gasteiger partial charge on any atom is 0.344 e. The number of carboxylic acid groups (broad SMARTS) is 1. The van der Waals surface area contributed by atoms with E-state index in [1.807, 2.05) is 0 Å². The summed E-state index contributed by atoms with van der Waals surface area (Å²) in [6.45, 7) is 0.169. The number of non-ortho nitro benzene ring substituents is 1. The van der Waals surface area contributed by atoms with Gasteiger partial charge in [0.05, 0.1) is 10.3 Å². The number of carbonyl (C=O) groups is 1. The molecule has 2 aromatic carbocycles. The standard InChI is InChI=1S/C14H14N2O5/c15-8-7-13(14(17)18)21-12-6-5-11(16(19)20)9-3-1-2-4-10(9)12/h1-6,13H,7-8,15H2,(H,17,18). The van der Waals surface area contributed by atoms with Crippen LogP contribution in [0.25, 0.3) is 10.8 Å². The Morgan fingerprint density at radius 1 is 1.29 bits per heavy atom. The van der Waals surface area contributed by atoms with Crippen molar-refractivity contribution >= 4 is 22.4 Å². The van der Waals surface area contributed by atoms with Gasteiger partial charge in [-0.1, -0.05) is 18.2 Å². The van der Waals surface area contributed by atoms with Gasteiger partial charge in [0.25, 0.3) is 5.69 Å². The van der Waals surface area contributed by atoms with Crippen LogP contribution in [-0.2, 0) is 4.79 Å². The molecule has 2 aromatic rings. The molecule has 0 spiro atoms. The SMILES string of the molecule is NCCC(Oc1ccc([N+](=O)[O-])c2ccccc12)C(=O)O. The monoisotopic (exact) mass is 290 g/mol. The maximum absolute atomic E-state index is 11.1. The van der Waals surface area contributed by atoms with E-state index in [1.165, 1.54) is 12.1 Å². The van der Waals surface area contributed by atoms with Crippen LogP contribution >= 0.6 is 0 Å². The quantitative estimate of drug-likeness (QED) is 0.620. The predicted octanol–water partition coefficient (Wildman–Crippen LogP) is 1.93. The summed E-state index contributed by atoms with van der Waals surface area (Å²) in [5.41, 5.74) is 5.31. The summed E-state index contributed by atoms with van der Waals surface area (Å²) in [6.07, 6.45) is -0.930. The zero-order valence-corrected chi connectivity index (χ0v) is 11.1. The summed E-state index contributed by atoms with van der Waals surface area (Å²) in [4.78, 5) is 21.6. The van der Waals surface area contributed by atoms with Crippen molar-refractivity contribution in [1.82, 2.24) is 0 Å². The minimum absolute atomic E-state index is 0.0522. The molecule has 7 nitrogen and oxygen atoms in total. The highest BCUT2D eigenvalue weighted by atomic mass is 16.6. The largest absolute Gasteiger partial charge is 0.479 e. The number of nitrogens with zero attached hydrogens (tertiary/aromatic N) is 1. The molecular weight excluding hydrogens is 276 g/mol. The molecule has 1 unspecified atom stereocenters. The molecule has 0 aliphatic rings. The molecule has 7 heteroatoms. The van der Waals surface area contributed by atoms with E-state index in [0.29, 0.717) is 10.8 Å². The fourth-order valence-electron chi connectivity index (χ4n) is 2.05. The molecule has 2 rings (SSSR count). The molecular formula is C14H14N2O5. The summed E-state index contributed by atoms with van der Waals surface area (Å²) in [5, 5.41) is 21.0. The van der Waals surface area contributed by atoms with Gasteiger partial charge in [0.2, 0.25) is 0 Å². The van der Waals surface area contributed by atoms with Gasteiger partial charge in [0.15, 0.2) is 6.10 Å². The molecule has 0 fully saturated rings. The third kappa shape index (κ3) is 3.09. The van der Waals surface area contributed by atoms with Crippen molar-refractivity contribution in [3.63, 3.8) is 0 Å². The van der Waals surface area contributed by atoms with Gasteiger partial charge in [0.1, 0.15) is 5.75 Å². The summed E-state index contributed by atoms with van der Waals surface area (Å²) in [6, 6.07) is 9.34. The molecule has 0 bridgehead atoms. The van der Waals surface area contributed by atoms with Gasteiger partial charge < -0.3 is 15.6 Å². The Kier molecular flexibility index (Phi) is 4.34. The van der Waals surface area contributed by atoms with Crippen LogP contribution in [0, 0.1) is 10.1 Å². The molecule has 110 valence electrons. The number of fused-ring (bicyclic) bond motifs is 1. The first-order valence-corrected chi connectivity index (χ1v) is 6.30. The number of nitro benzene ring substituents is 1. The fraction of sp³-hybridized carbons (Fsp3) is 0.214. The van der Waals surface area contributed by atoms with Gasteiger partial charge in [-0.05, 0) is 18.7 Å². The van der Waals surface area contributed by atoms with Gasteiger partial charge in [-0.15, -0.1) is 0 Å². The Morgan fingerprint density at radius 2 is 1.95 bits per heavy atom. The number of aliphatic carboxylic acids is 1. The highest BCUT2D eigenvalue weighted by Crippen LogP contribution is 2.33. The van der Waals surface area contributed by atoms with Crippen LogP contribution in [0.4, 0.5) is 5.69 Å². The summed E-state index contributed by atoms with van der Waals surface area (Å²) >= 11 is 0. The van der Waals surface area contributed by atoms with E-state index < -0.39 is 17.0 Å². The van der Waals surface area contributed by atoms with Crippen molar-refractivity contribution in [2.45, 2.75) is 12.5 Å². The molecule has 0 aliphatic heterocycles. The smallest absolute Gasteiger partial charge is 0.344 e. The number of benzene rings is 2. The summed E-state index contributed by atoms with van der Waals surface area (Å²) in [5.74, 6) is -0.833. The normalized spacial score (nSPS) is 12.0. The number of nitrogens with two attached hydrogens (primary N) is 1. The number of carboxylic acids is 1. The van der Waals surface area contributed by atoms with Gasteiger partial charge in [-0.3, -0.25) is 10.1 Å². The van der Waals surface area contributed by atoms with Crippen LogP contribution in [-0.4, -0.2) is 28.6 Å².